The van der Waals surface area contributed by atoms with Gasteiger partial charge in [-0.05, 0) is 23.7 Å². The summed E-state index contributed by atoms with van der Waals surface area (Å²) in [6, 6.07) is 1.85. The molecule has 0 saturated heterocycles. The number of oxazole rings is 2. The normalized spacial score (nSPS) is 10.2. The van der Waals surface area contributed by atoms with E-state index >= 15 is 0 Å². The molecule has 52 heavy (non-hydrogen) atoms. The molecule has 11 nitrogen and oxygen atoms in total. The Morgan fingerprint density at radius 1 is 0.577 bits per heavy atom. The number of hydrogen-bond acceptors (Lipinski definition) is 8. The van der Waals surface area contributed by atoms with Crippen molar-refractivity contribution in [2.75, 3.05) is 0 Å². The Balaban J connectivity index is 0.000000325. The lowest BCUT2D eigenvalue weighted by molar-refractivity contribution is 0.362. The van der Waals surface area contributed by atoms with Crippen LogP contribution in [0.2, 0.25) is 0 Å². The van der Waals surface area contributed by atoms with Crippen LogP contribution in [0.5, 0.6) is 0 Å². The van der Waals surface area contributed by atoms with Crippen LogP contribution < -0.4 is 0 Å². The van der Waals surface area contributed by atoms with E-state index in [1.54, 1.807) is 45.4 Å². The molecule has 0 aliphatic rings. The highest BCUT2D eigenvalue weighted by Crippen LogP contribution is 2.21. The SMILES string of the molecule is CC.CC.CC.CC.CC(C)c1cnc2ccon12.CC(C)c1cnc2occn12.CC(C)c1cnc2sccn12.CC(C)c1cnn2ccoc12. The van der Waals surface area contributed by atoms with Gasteiger partial charge in [0, 0.05) is 40.8 Å². The van der Waals surface area contributed by atoms with E-state index in [0.717, 1.165) is 27.6 Å². The van der Waals surface area contributed by atoms with Gasteiger partial charge in [-0.15, -0.1) is 11.3 Å². The van der Waals surface area contributed by atoms with Crippen LogP contribution in [-0.4, -0.2) is 37.9 Å². The second-order valence-corrected chi connectivity index (χ2v) is 12.5. The summed E-state index contributed by atoms with van der Waals surface area (Å²) in [6.45, 7) is 33.1. The molecular formula is C40H64N8O3S. The lowest BCUT2D eigenvalue weighted by atomic mass is 10.1. The summed E-state index contributed by atoms with van der Waals surface area (Å²) in [5.41, 5.74) is 6.50. The molecule has 12 heteroatoms. The smallest absolute Gasteiger partial charge is 0.305 e. The van der Waals surface area contributed by atoms with Crippen LogP contribution in [0, 0.1) is 0 Å². The molecule has 0 aliphatic heterocycles. The molecule has 0 spiro atoms. The van der Waals surface area contributed by atoms with Crippen molar-refractivity contribution in [1.29, 1.82) is 0 Å². The summed E-state index contributed by atoms with van der Waals surface area (Å²) >= 11 is 1.68. The van der Waals surface area contributed by atoms with Crippen molar-refractivity contribution < 1.29 is 13.4 Å². The minimum atomic E-state index is 0.455. The third-order valence-corrected chi connectivity index (χ3v) is 7.83. The Hall–Kier alpha value is -4.58. The molecule has 8 aromatic heterocycles. The van der Waals surface area contributed by atoms with Gasteiger partial charge in [0.15, 0.2) is 10.6 Å². The van der Waals surface area contributed by atoms with E-state index in [1.807, 2.05) is 96.8 Å². The maximum atomic E-state index is 5.25. The molecule has 0 unspecified atom stereocenters. The molecule has 0 bridgehead atoms. The highest BCUT2D eigenvalue weighted by Gasteiger charge is 2.10. The molecule has 8 heterocycles. The molecule has 0 atom stereocenters. The first-order valence-corrected chi connectivity index (χ1v) is 19.7. The Morgan fingerprint density at radius 3 is 1.77 bits per heavy atom. The zero-order valence-electron chi connectivity index (χ0n) is 34.4. The minimum Gasteiger partial charge on any atom is -0.445 e. The Morgan fingerprint density at radius 2 is 1.15 bits per heavy atom. The molecule has 0 aliphatic carbocycles. The minimum absolute atomic E-state index is 0.455. The lowest BCUT2D eigenvalue weighted by Gasteiger charge is -2.00. The van der Waals surface area contributed by atoms with Gasteiger partial charge in [0.25, 0.3) is 0 Å². The second kappa shape index (κ2) is 23.8. The standard InChI is InChI=1S/3C8H10N2O.C8H10N2S.4C2H6/c1-6(2)7-5-9-8-10(7)3-4-11-8;1-6(2)7-5-9-10-3-4-11-8(7)10;1-6(2)7-5-9-8-3-4-11-10(7)8;1-6(2)7-5-9-8-10(7)3-4-11-8;4*1-2/h4*3-6H,1-2H3;4*1-2H3. The summed E-state index contributed by atoms with van der Waals surface area (Å²) in [5, 5.41) is 6.19. The second-order valence-electron chi connectivity index (χ2n) is 11.6. The van der Waals surface area contributed by atoms with Gasteiger partial charge in [0.05, 0.1) is 36.7 Å². The van der Waals surface area contributed by atoms with E-state index in [2.05, 4.69) is 91.4 Å². The third kappa shape index (κ3) is 11.7. The highest BCUT2D eigenvalue weighted by molar-refractivity contribution is 7.15. The number of nitrogens with zero attached hydrogens (tertiary/aromatic N) is 8. The van der Waals surface area contributed by atoms with Crippen molar-refractivity contribution in [3.8, 4) is 0 Å². The predicted octanol–water partition coefficient (Wildman–Crippen LogP) is 12.8. The molecule has 0 N–H and O–H groups in total. The van der Waals surface area contributed by atoms with Crippen molar-refractivity contribution in [3.05, 3.63) is 96.3 Å². The van der Waals surface area contributed by atoms with Gasteiger partial charge < -0.3 is 13.4 Å². The van der Waals surface area contributed by atoms with Crippen LogP contribution in [-0.2, 0) is 0 Å². The molecule has 0 radical (unpaired) electrons. The molecule has 0 aromatic carbocycles. The molecule has 0 amide bonds. The monoisotopic (exact) mass is 736 g/mol. The van der Waals surface area contributed by atoms with Crippen LogP contribution >= 0.6 is 11.3 Å². The summed E-state index contributed by atoms with van der Waals surface area (Å²) in [5.74, 6) is 2.64. The Bertz CT molecular complexity index is 1730. The quantitative estimate of drug-likeness (QED) is 0.177. The summed E-state index contributed by atoms with van der Waals surface area (Å²) in [6.07, 6.45) is 18.2. The zero-order chi connectivity index (χ0) is 39.4. The van der Waals surface area contributed by atoms with E-state index in [-0.39, 0.29) is 0 Å². The van der Waals surface area contributed by atoms with Gasteiger partial charge in [-0.1, -0.05) is 111 Å². The fourth-order valence-electron chi connectivity index (χ4n) is 4.62. The van der Waals surface area contributed by atoms with Crippen LogP contribution in [0.15, 0.2) is 87.0 Å². The van der Waals surface area contributed by atoms with E-state index < -0.39 is 0 Å². The number of thiazole rings is 1. The predicted molar refractivity (Wildman–Crippen MR) is 217 cm³/mol. The van der Waals surface area contributed by atoms with Crippen molar-refractivity contribution >= 4 is 33.5 Å². The fraction of sp³-hybridized carbons (Fsp3) is 0.500. The lowest BCUT2D eigenvalue weighted by Crippen LogP contribution is -1.90. The van der Waals surface area contributed by atoms with Gasteiger partial charge in [-0.25, -0.2) is 19.5 Å². The Labute approximate surface area is 314 Å². The van der Waals surface area contributed by atoms with Crippen molar-refractivity contribution in [1.82, 2.24) is 37.9 Å². The first-order valence-electron chi connectivity index (χ1n) is 18.8. The van der Waals surface area contributed by atoms with Gasteiger partial charge in [0.2, 0.25) is 5.71 Å². The van der Waals surface area contributed by atoms with E-state index in [1.165, 1.54) is 11.4 Å². The summed E-state index contributed by atoms with van der Waals surface area (Å²) < 4.78 is 23.2. The molecule has 8 rings (SSSR count). The maximum Gasteiger partial charge on any atom is 0.305 e. The van der Waals surface area contributed by atoms with Crippen LogP contribution in [0.25, 0.3) is 22.2 Å². The van der Waals surface area contributed by atoms with Crippen LogP contribution in [0.3, 0.4) is 0 Å². The van der Waals surface area contributed by atoms with Gasteiger partial charge in [-0.2, -0.15) is 9.67 Å². The topological polar surface area (TPSA) is 109 Å². The molecular weight excluding hydrogens is 673 g/mol. The average Bonchev–Trinajstić information content (AvgIpc) is 3.97. The number of fused-ring (bicyclic) bond motifs is 4. The summed E-state index contributed by atoms with van der Waals surface area (Å²) in [4.78, 5) is 13.6. The van der Waals surface area contributed by atoms with E-state index in [4.69, 9.17) is 13.4 Å². The number of hydrogen-bond donors (Lipinski definition) is 0. The molecule has 0 fully saturated rings. The number of aromatic nitrogens is 8. The third-order valence-electron chi connectivity index (χ3n) is 7.06. The maximum absolute atomic E-state index is 5.25. The first kappa shape index (κ1) is 45.4. The fourth-order valence-corrected chi connectivity index (χ4v) is 5.31. The number of imidazole rings is 3. The average molecular weight is 737 g/mol. The van der Waals surface area contributed by atoms with Gasteiger partial charge in [-0.3, -0.25) is 8.80 Å². The van der Waals surface area contributed by atoms with Gasteiger partial charge >= 0.3 is 5.84 Å². The van der Waals surface area contributed by atoms with Crippen LogP contribution in [0.1, 0.15) is 157 Å². The van der Waals surface area contributed by atoms with Crippen molar-refractivity contribution in [2.45, 2.75) is 134 Å². The van der Waals surface area contributed by atoms with Gasteiger partial charge in [0.1, 0.15) is 18.8 Å². The zero-order valence-corrected chi connectivity index (χ0v) is 35.3. The molecule has 0 saturated carbocycles. The van der Waals surface area contributed by atoms with E-state index in [0.29, 0.717) is 29.5 Å². The highest BCUT2D eigenvalue weighted by atomic mass is 32.1. The number of rotatable bonds is 4. The molecule has 8 aromatic rings. The Kier molecular flexibility index (Phi) is 20.8. The summed E-state index contributed by atoms with van der Waals surface area (Å²) in [7, 11) is 0. The largest absolute Gasteiger partial charge is 0.445 e. The van der Waals surface area contributed by atoms with E-state index in [9.17, 15) is 0 Å². The first-order chi connectivity index (χ1) is 25.2. The van der Waals surface area contributed by atoms with Crippen molar-refractivity contribution in [3.63, 3.8) is 0 Å². The molecule has 288 valence electrons. The van der Waals surface area contributed by atoms with Crippen LogP contribution in [0.4, 0.5) is 0 Å². The van der Waals surface area contributed by atoms with Crippen molar-refractivity contribution in [2.24, 2.45) is 0 Å².